The summed E-state index contributed by atoms with van der Waals surface area (Å²) in [5.74, 6) is 0. The molecule has 1 unspecified atom stereocenters. The Labute approximate surface area is 55.7 Å². The molecule has 8 heavy (non-hydrogen) atoms. The van der Waals surface area contributed by atoms with Gasteiger partial charge in [0.25, 0.3) is 0 Å². The normalized spacial score (nSPS) is 13.2. The maximum atomic E-state index is 8.83. The van der Waals surface area contributed by atoms with E-state index < -0.39 is 0 Å². The van der Waals surface area contributed by atoms with Gasteiger partial charge in [0.1, 0.15) is 0 Å². The summed E-state index contributed by atoms with van der Waals surface area (Å²) in [4.78, 5) is 0. The van der Waals surface area contributed by atoms with Gasteiger partial charge in [0, 0.05) is 5.37 Å². The Hall–Kier alpha value is 0.0500. The lowest BCUT2D eigenvalue weighted by Gasteiger charge is -1.99. The largest absolute Gasteiger partial charge is 0.388 e. The molecule has 0 aromatic heterocycles. The van der Waals surface area contributed by atoms with Gasteiger partial charge in [-0.25, -0.2) is 0 Å². The molecule has 0 aromatic rings. The molecule has 0 spiro atoms. The zero-order valence-electron chi connectivity index (χ0n) is 5.13. The minimum absolute atomic E-state index is 0.357. The minimum atomic E-state index is -0.357. The van der Waals surface area contributed by atoms with E-state index in [1.807, 2.05) is 0 Å². The Morgan fingerprint density at radius 3 is 2.75 bits per heavy atom. The summed E-state index contributed by atoms with van der Waals surface area (Å²) in [6.07, 6.45) is 2.65. The SMILES string of the molecule is CCCCC(O)C=S. The molecule has 0 aliphatic heterocycles. The van der Waals surface area contributed by atoms with Crippen LogP contribution in [0.15, 0.2) is 0 Å². The van der Waals surface area contributed by atoms with Crippen molar-refractivity contribution in [1.29, 1.82) is 0 Å². The van der Waals surface area contributed by atoms with E-state index in [-0.39, 0.29) is 6.10 Å². The molecule has 0 rings (SSSR count). The topological polar surface area (TPSA) is 20.2 Å². The van der Waals surface area contributed by atoms with E-state index in [2.05, 4.69) is 19.1 Å². The lowest BCUT2D eigenvalue weighted by Crippen LogP contribution is -2.04. The van der Waals surface area contributed by atoms with Gasteiger partial charge in [-0.05, 0) is 6.42 Å². The van der Waals surface area contributed by atoms with Crippen LogP contribution in [-0.2, 0) is 0 Å². The van der Waals surface area contributed by atoms with Gasteiger partial charge < -0.3 is 5.11 Å². The standard InChI is InChI=1S/C6H12OS/c1-2-3-4-6(7)5-8/h5-7H,2-4H2,1H3. The highest BCUT2D eigenvalue weighted by Crippen LogP contribution is 1.97. The second kappa shape index (κ2) is 5.19. The summed E-state index contributed by atoms with van der Waals surface area (Å²) in [6.45, 7) is 2.09. The van der Waals surface area contributed by atoms with Gasteiger partial charge in [-0.15, -0.1) is 0 Å². The van der Waals surface area contributed by atoms with E-state index in [1.165, 1.54) is 5.37 Å². The number of rotatable bonds is 4. The number of unbranched alkanes of at least 4 members (excludes halogenated alkanes) is 1. The molecule has 1 N–H and O–H groups in total. The van der Waals surface area contributed by atoms with Crippen molar-refractivity contribution < 1.29 is 5.11 Å². The van der Waals surface area contributed by atoms with Gasteiger partial charge >= 0.3 is 0 Å². The van der Waals surface area contributed by atoms with Crippen LogP contribution in [0.4, 0.5) is 0 Å². The summed E-state index contributed by atoms with van der Waals surface area (Å²) < 4.78 is 0. The third kappa shape index (κ3) is 4.22. The highest BCUT2D eigenvalue weighted by molar-refractivity contribution is 7.79. The summed E-state index contributed by atoms with van der Waals surface area (Å²) in [5.41, 5.74) is 0. The van der Waals surface area contributed by atoms with E-state index in [0.717, 1.165) is 19.3 Å². The average Bonchev–Trinajstić information content (AvgIpc) is 1.83. The van der Waals surface area contributed by atoms with E-state index in [4.69, 9.17) is 5.11 Å². The van der Waals surface area contributed by atoms with Crippen LogP contribution in [0.2, 0.25) is 0 Å². The van der Waals surface area contributed by atoms with Crippen LogP contribution in [0.1, 0.15) is 26.2 Å². The smallest absolute Gasteiger partial charge is 0.0822 e. The van der Waals surface area contributed by atoms with Crippen molar-refractivity contribution >= 4 is 17.6 Å². The number of aliphatic hydroxyl groups excluding tert-OH is 1. The van der Waals surface area contributed by atoms with Crippen LogP contribution in [0, 0.1) is 0 Å². The van der Waals surface area contributed by atoms with Crippen LogP contribution in [0.25, 0.3) is 0 Å². The zero-order valence-corrected chi connectivity index (χ0v) is 5.95. The number of thiocarbonyl (C=S) groups is 1. The predicted octanol–water partition coefficient (Wildman–Crippen LogP) is 1.54. The van der Waals surface area contributed by atoms with Gasteiger partial charge in [-0.3, -0.25) is 0 Å². The van der Waals surface area contributed by atoms with Crippen LogP contribution in [-0.4, -0.2) is 16.6 Å². The lowest BCUT2D eigenvalue weighted by atomic mass is 10.2. The maximum absolute atomic E-state index is 8.83. The molecule has 0 saturated heterocycles. The van der Waals surface area contributed by atoms with Gasteiger partial charge in [0.2, 0.25) is 0 Å². The van der Waals surface area contributed by atoms with E-state index in [9.17, 15) is 0 Å². The second-order valence-electron chi connectivity index (χ2n) is 1.85. The van der Waals surface area contributed by atoms with Crippen molar-refractivity contribution in [2.75, 3.05) is 0 Å². The summed E-state index contributed by atoms with van der Waals surface area (Å²) in [5, 5.41) is 10.2. The van der Waals surface area contributed by atoms with Crippen molar-refractivity contribution in [3.8, 4) is 0 Å². The van der Waals surface area contributed by atoms with Gasteiger partial charge in [-0.2, -0.15) is 0 Å². The monoisotopic (exact) mass is 132 g/mol. The molecule has 0 saturated carbocycles. The van der Waals surface area contributed by atoms with Crippen LogP contribution < -0.4 is 0 Å². The first kappa shape index (κ1) is 8.05. The maximum Gasteiger partial charge on any atom is 0.0822 e. The van der Waals surface area contributed by atoms with Gasteiger partial charge in [0.15, 0.2) is 0 Å². The Morgan fingerprint density at radius 2 is 2.38 bits per heavy atom. The fourth-order valence-electron chi connectivity index (χ4n) is 0.481. The molecule has 0 fully saturated rings. The minimum Gasteiger partial charge on any atom is -0.388 e. The van der Waals surface area contributed by atoms with Crippen molar-refractivity contribution in [2.45, 2.75) is 32.3 Å². The highest BCUT2D eigenvalue weighted by Gasteiger charge is 1.94. The molecule has 0 radical (unpaired) electrons. The van der Waals surface area contributed by atoms with Crippen LogP contribution >= 0.6 is 12.2 Å². The molecular formula is C6H12OS. The van der Waals surface area contributed by atoms with Crippen molar-refractivity contribution in [3.05, 3.63) is 0 Å². The second-order valence-corrected chi connectivity index (χ2v) is 2.12. The lowest BCUT2D eigenvalue weighted by molar-refractivity contribution is 0.234. The third-order valence-electron chi connectivity index (χ3n) is 1.01. The summed E-state index contributed by atoms with van der Waals surface area (Å²) >= 11 is 4.51. The molecular weight excluding hydrogens is 120 g/mol. The molecule has 2 heteroatoms. The highest BCUT2D eigenvalue weighted by atomic mass is 32.1. The zero-order chi connectivity index (χ0) is 6.41. The van der Waals surface area contributed by atoms with E-state index in [0.29, 0.717) is 0 Å². The average molecular weight is 132 g/mol. The molecule has 0 aliphatic carbocycles. The van der Waals surface area contributed by atoms with Crippen molar-refractivity contribution in [2.24, 2.45) is 0 Å². The van der Waals surface area contributed by atoms with Gasteiger partial charge in [0.05, 0.1) is 6.10 Å². The fourth-order valence-corrected chi connectivity index (χ4v) is 0.617. The Balaban J connectivity index is 2.98. The van der Waals surface area contributed by atoms with Crippen molar-refractivity contribution in [3.63, 3.8) is 0 Å². The first-order valence-electron chi connectivity index (χ1n) is 2.94. The Kier molecular flexibility index (Phi) is 5.22. The third-order valence-corrected chi connectivity index (χ3v) is 1.32. The Morgan fingerprint density at radius 1 is 1.75 bits per heavy atom. The number of hydrogen-bond acceptors (Lipinski definition) is 2. The van der Waals surface area contributed by atoms with E-state index >= 15 is 0 Å². The molecule has 0 amide bonds. The Bertz CT molecular complexity index is 63.5. The molecule has 1 nitrogen and oxygen atoms in total. The first-order chi connectivity index (χ1) is 3.81. The molecule has 0 aliphatic rings. The van der Waals surface area contributed by atoms with Crippen molar-refractivity contribution in [1.82, 2.24) is 0 Å². The van der Waals surface area contributed by atoms with Gasteiger partial charge in [-0.1, -0.05) is 32.0 Å². The molecule has 1 atom stereocenters. The molecule has 48 valence electrons. The summed E-state index contributed by atoms with van der Waals surface area (Å²) in [6, 6.07) is 0. The quantitative estimate of drug-likeness (QED) is 0.585. The summed E-state index contributed by atoms with van der Waals surface area (Å²) in [7, 11) is 0. The first-order valence-corrected chi connectivity index (χ1v) is 3.41. The van der Waals surface area contributed by atoms with Crippen LogP contribution in [0.3, 0.4) is 0 Å². The van der Waals surface area contributed by atoms with Crippen LogP contribution in [0.5, 0.6) is 0 Å². The molecule has 0 bridgehead atoms. The predicted molar refractivity (Wildman–Crippen MR) is 39.2 cm³/mol. The molecule has 0 aromatic carbocycles. The number of hydrogen-bond donors (Lipinski definition) is 1. The van der Waals surface area contributed by atoms with E-state index in [1.54, 1.807) is 0 Å². The fraction of sp³-hybridized carbons (Fsp3) is 0.833. The number of aliphatic hydroxyl groups is 1. The molecule has 0 heterocycles.